The standard InChI is InChI=1S/2C38H31NO5/c2*1-44-24-13-9-12-23(18-24)31-28-20-39(19-22-10-3-2-4-11-22)21-30(38(43)29-17-8-7-16-27(29)37(42)34(31)38)32(28)33-35(40)25-14-5-6-15-26(25)36(33)41/h2*2-18,28,30-31,34,43H,19-21H2,1H3/t2*28-,30-,31+,34+,38-/m10/s1. The number of Topliss-reactive ketones (excluding diaryl/α,β-unsaturated/α-hetero) is 6. The van der Waals surface area contributed by atoms with Crippen molar-refractivity contribution in [3.8, 4) is 11.5 Å². The van der Waals surface area contributed by atoms with Gasteiger partial charge in [-0.1, -0.05) is 182 Å². The van der Waals surface area contributed by atoms with E-state index in [0.717, 1.165) is 22.3 Å². The first-order valence-corrected chi connectivity index (χ1v) is 30.2. The molecule has 10 atom stereocenters. The molecule has 8 aromatic carbocycles. The molecule has 8 aromatic rings. The first-order valence-electron chi connectivity index (χ1n) is 30.2. The molecule has 88 heavy (non-hydrogen) atoms. The molecule has 0 spiro atoms. The van der Waals surface area contributed by atoms with E-state index in [4.69, 9.17) is 9.47 Å². The van der Waals surface area contributed by atoms with Crippen molar-refractivity contribution in [3.63, 3.8) is 0 Å². The van der Waals surface area contributed by atoms with Crippen LogP contribution < -0.4 is 9.47 Å². The Morgan fingerprint density at radius 3 is 1.08 bits per heavy atom. The fourth-order valence-electron chi connectivity index (χ4n) is 17.0. The fraction of sp³-hybridized carbons (Fsp3) is 0.237. The van der Waals surface area contributed by atoms with Crippen molar-refractivity contribution >= 4 is 34.7 Å². The number of allylic oxidation sites excluding steroid dienone is 2. The number of aliphatic hydroxyl groups is 2. The minimum atomic E-state index is -1.62. The van der Waals surface area contributed by atoms with Crippen molar-refractivity contribution in [2.45, 2.75) is 36.1 Å². The van der Waals surface area contributed by atoms with Crippen LogP contribution >= 0.6 is 0 Å². The third kappa shape index (κ3) is 8.26. The molecule has 436 valence electrons. The lowest BCUT2D eigenvalue weighted by Gasteiger charge is -2.56. The quantitative estimate of drug-likeness (QED) is 0.109. The number of carbonyl (C=O) groups excluding carboxylic acids is 6. The Labute approximate surface area is 509 Å². The van der Waals surface area contributed by atoms with E-state index in [-0.39, 0.29) is 57.7 Å². The molecule has 2 N–H and O–H groups in total. The van der Waals surface area contributed by atoms with Crippen LogP contribution in [0.5, 0.6) is 11.5 Å². The summed E-state index contributed by atoms with van der Waals surface area (Å²) in [6.45, 7) is 3.14. The largest absolute Gasteiger partial charge is 0.497 e. The van der Waals surface area contributed by atoms with Gasteiger partial charge in [0.2, 0.25) is 0 Å². The lowest BCUT2D eigenvalue weighted by molar-refractivity contribution is -0.107. The summed E-state index contributed by atoms with van der Waals surface area (Å²) in [6, 6.07) is 64.1. The predicted molar refractivity (Wildman–Crippen MR) is 329 cm³/mol. The van der Waals surface area contributed by atoms with Crippen LogP contribution in [-0.2, 0) is 24.3 Å². The average Bonchev–Trinajstić information content (AvgIpc) is 1.46. The number of fused-ring (bicyclic) bond motifs is 14. The van der Waals surface area contributed by atoms with Gasteiger partial charge in [0.25, 0.3) is 0 Å². The summed E-state index contributed by atoms with van der Waals surface area (Å²) in [7, 11) is 3.21. The molecule has 2 saturated carbocycles. The summed E-state index contributed by atoms with van der Waals surface area (Å²) in [5.74, 6) is -4.67. The summed E-state index contributed by atoms with van der Waals surface area (Å²) >= 11 is 0. The van der Waals surface area contributed by atoms with E-state index in [2.05, 4.69) is 34.1 Å². The second kappa shape index (κ2) is 21.2. The lowest BCUT2D eigenvalue weighted by atomic mass is 9.53. The van der Waals surface area contributed by atoms with Crippen LogP contribution in [0.3, 0.4) is 0 Å². The third-order valence-electron chi connectivity index (χ3n) is 20.5. The van der Waals surface area contributed by atoms with Crippen molar-refractivity contribution in [3.05, 3.63) is 295 Å². The average molecular weight is 1160 g/mol. The fourth-order valence-corrected chi connectivity index (χ4v) is 17.0. The van der Waals surface area contributed by atoms with E-state index >= 15 is 0 Å². The number of methoxy groups -OCH3 is 2. The van der Waals surface area contributed by atoms with Crippen LogP contribution in [0, 0.1) is 35.5 Å². The molecule has 2 saturated heterocycles. The Balaban J connectivity index is 0.000000148. The summed E-state index contributed by atoms with van der Waals surface area (Å²) in [5.41, 5.74) is 6.13. The van der Waals surface area contributed by atoms with Gasteiger partial charge in [-0.25, -0.2) is 0 Å². The second-order valence-electron chi connectivity index (χ2n) is 24.8. The Hall–Kier alpha value is -9.30. The molecule has 0 aromatic heterocycles. The zero-order valence-electron chi connectivity index (χ0n) is 48.5. The molecule has 0 unspecified atom stereocenters. The Morgan fingerprint density at radius 2 is 0.727 bits per heavy atom. The normalized spacial score (nSPS) is 27.3. The number of ketones is 6. The summed E-state index contributed by atoms with van der Waals surface area (Å²) in [4.78, 5) is 89.7. The van der Waals surface area contributed by atoms with Crippen LogP contribution in [0.25, 0.3) is 0 Å². The van der Waals surface area contributed by atoms with Gasteiger partial charge in [0.05, 0.1) is 37.2 Å². The number of carbonyl (C=O) groups is 6. The van der Waals surface area contributed by atoms with Crippen molar-refractivity contribution in [2.24, 2.45) is 35.5 Å². The van der Waals surface area contributed by atoms with Gasteiger partial charge in [-0.15, -0.1) is 0 Å². The number of nitrogens with zero attached hydrogens (tertiary/aromatic N) is 2. The Bertz CT molecular complexity index is 3990. The number of benzene rings is 8. The minimum absolute atomic E-state index is 0.0983. The third-order valence-corrected chi connectivity index (χ3v) is 20.5. The smallest absolute Gasteiger partial charge is 0.197 e. The zero-order valence-corrected chi connectivity index (χ0v) is 48.5. The van der Waals surface area contributed by atoms with Crippen LogP contribution in [0.1, 0.15) is 107 Å². The maximum Gasteiger partial charge on any atom is 0.197 e. The molecule has 12 heteroatoms. The highest BCUT2D eigenvalue weighted by Gasteiger charge is 2.69. The van der Waals surface area contributed by atoms with E-state index in [1.54, 1.807) is 74.9 Å². The van der Waals surface area contributed by atoms with E-state index in [1.807, 2.05) is 121 Å². The predicted octanol–water partition coefficient (Wildman–Crippen LogP) is 11.2. The molecule has 6 aliphatic carbocycles. The van der Waals surface area contributed by atoms with Crippen molar-refractivity contribution in [1.82, 2.24) is 9.80 Å². The number of hydrogen-bond acceptors (Lipinski definition) is 12. The van der Waals surface area contributed by atoms with E-state index in [1.165, 1.54) is 0 Å². The number of piperidine rings is 2. The Kier molecular flexibility index (Phi) is 13.3. The maximum absolute atomic E-state index is 14.4. The van der Waals surface area contributed by atoms with Gasteiger partial charge < -0.3 is 19.7 Å². The molecule has 4 fully saturated rings. The maximum atomic E-state index is 14.4. The summed E-state index contributed by atoms with van der Waals surface area (Å²) < 4.78 is 11.2. The zero-order chi connectivity index (χ0) is 60.3. The van der Waals surface area contributed by atoms with Gasteiger partial charge in [0.15, 0.2) is 34.7 Å². The number of likely N-dealkylation sites (tertiary alicyclic amines) is 2. The molecule has 0 radical (unpaired) electrons. The molecule has 0 amide bonds. The highest BCUT2D eigenvalue weighted by molar-refractivity contribution is 6.40. The van der Waals surface area contributed by atoms with E-state index < -0.39 is 46.7 Å². The minimum Gasteiger partial charge on any atom is -0.497 e. The highest BCUT2D eigenvalue weighted by Crippen LogP contribution is 2.66. The molecular weight excluding hydrogens is 1100 g/mol. The van der Waals surface area contributed by atoms with Crippen LogP contribution in [-0.4, -0.2) is 95.1 Å². The number of rotatable bonds is 8. The van der Waals surface area contributed by atoms with Gasteiger partial charge >= 0.3 is 0 Å². The molecule has 8 aliphatic rings. The van der Waals surface area contributed by atoms with Crippen LogP contribution in [0.2, 0.25) is 0 Å². The van der Waals surface area contributed by atoms with Gasteiger partial charge in [-0.3, -0.25) is 38.6 Å². The topological polar surface area (TPSA) is 168 Å². The number of ether oxygens (including phenoxy) is 2. The first kappa shape index (κ1) is 55.3. The summed E-state index contributed by atoms with van der Waals surface area (Å²) in [6.07, 6.45) is 0. The van der Waals surface area contributed by atoms with Gasteiger partial charge in [-0.05, 0) is 68.8 Å². The van der Waals surface area contributed by atoms with Crippen molar-refractivity contribution in [2.75, 3.05) is 40.4 Å². The van der Waals surface area contributed by atoms with Gasteiger partial charge in [0, 0.05) is 108 Å². The highest BCUT2D eigenvalue weighted by atomic mass is 16.5. The molecule has 16 rings (SSSR count). The van der Waals surface area contributed by atoms with Crippen molar-refractivity contribution in [1.29, 1.82) is 0 Å². The monoisotopic (exact) mass is 1160 g/mol. The van der Waals surface area contributed by atoms with Crippen molar-refractivity contribution < 1.29 is 48.5 Å². The summed E-state index contributed by atoms with van der Waals surface area (Å²) in [5, 5.41) is 26.3. The number of hydrogen-bond donors (Lipinski definition) is 2. The molecular formula is C76H62N2O10. The molecule has 4 bridgehead atoms. The second-order valence-corrected chi connectivity index (χ2v) is 24.8. The first-order chi connectivity index (χ1) is 42.8. The van der Waals surface area contributed by atoms with E-state index in [9.17, 15) is 39.0 Å². The molecule has 2 heterocycles. The van der Waals surface area contributed by atoms with E-state index in [0.29, 0.717) is 106 Å². The van der Waals surface area contributed by atoms with Gasteiger partial charge in [-0.2, -0.15) is 0 Å². The lowest BCUT2D eigenvalue weighted by Crippen LogP contribution is -2.60. The van der Waals surface area contributed by atoms with Gasteiger partial charge in [0.1, 0.15) is 22.7 Å². The van der Waals surface area contributed by atoms with Crippen LogP contribution in [0.15, 0.2) is 229 Å². The Morgan fingerprint density at radius 1 is 0.398 bits per heavy atom. The molecule has 12 nitrogen and oxygen atoms in total. The molecule has 2 aliphatic heterocycles. The SMILES string of the molecule is COc1cccc([C@@H]2[C@@H]3CN(Cc4ccccc4)C[C@@H](C3=C3C(=O)c4ccccc4C3=O)[C@@]3(O)c4ccccc4C(=O)[C@@H]23)c1.COc1cccc([C@@H]2[C@H]3C(=O)c4ccccc4[C@@]3(O)[C@@H]3CN(Cc4ccccc4)C[C@H]2C3=C2C(=O)c3ccccc3C2=O)c1. The van der Waals surface area contributed by atoms with Crippen LogP contribution in [0.4, 0.5) is 0 Å².